The number of nitrogens with zero attached hydrogens (tertiary/aromatic N) is 4. The molecule has 29 heavy (non-hydrogen) atoms. The summed E-state index contributed by atoms with van der Waals surface area (Å²) in [6.07, 6.45) is 1.50. The van der Waals surface area contributed by atoms with E-state index in [1.807, 2.05) is 26.0 Å². The zero-order valence-electron chi connectivity index (χ0n) is 17.0. The van der Waals surface area contributed by atoms with Crippen LogP contribution in [0.3, 0.4) is 0 Å². The first kappa shape index (κ1) is 19.8. The van der Waals surface area contributed by atoms with Crippen molar-refractivity contribution in [2.75, 3.05) is 19.7 Å². The molecule has 1 aromatic carbocycles. The Bertz CT molecular complexity index is 1020. The predicted octanol–water partition coefficient (Wildman–Crippen LogP) is 3.48. The van der Waals surface area contributed by atoms with Crippen LogP contribution < -0.4 is 0 Å². The number of rotatable bonds is 5. The van der Waals surface area contributed by atoms with Gasteiger partial charge in [-0.3, -0.25) is 9.69 Å². The van der Waals surface area contributed by atoms with E-state index in [2.05, 4.69) is 34.0 Å². The number of aryl methyl sites for hydroxylation is 2. The maximum atomic E-state index is 12.1. The van der Waals surface area contributed by atoms with Crippen LogP contribution in [0.15, 0.2) is 24.3 Å². The van der Waals surface area contributed by atoms with Crippen LogP contribution in [-0.4, -0.2) is 50.3 Å². The highest BCUT2D eigenvalue weighted by Crippen LogP contribution is 2.42. The minimum atomic E-state index is -0.104. The zero-order valence-corrected chi connectivity index (χ0v) is 17.8. The summed E-state index contributed by atoms with van der Waals surface area (Å²) in [6.45, 7) is 7.68. The molecule has 0 bridgehead atoms. The van der Waals surface area contributed by atoms with Crippen molar-refractivity contribution in [2.45, 2.75) is 39.7 Å². The number of fused-ring (bicyclic) bond motifs is 1. The van der Waals surface area contributed by atoms with Crippen LogP contribution in [0.25, 0.3) is 4.96 Å². The number of ether oxygens (including phenoxy) is 1. The number of hydrogen-bond acceptors (Lipinski definition) is 7. The lowest BCUT2D eigenvalue weighted by molar-refractivity contribution is -0.149. The molecule has 3 aromatic rings. The number of carbonyl (C=O) groups is 1. The number of aromatic hydroxyl groups is 1. The monoisotopic (exact) mass is 414 g/mol. The molecule has 7 nitrogen and oxygen atoms in total. The molecule has 8 heteroatoms. The summed E-state index contributed by atoms with van der Waals surface area (Å²) in [5, 5.41) is 15.3. The Morgan fingerprint density at radius 1 is 1.31 bits per heavy atom. The van der Waals surface area contributed by atoms with E-state index in [-0.39, 0.29) is 23.8 Å². The summed E-state index contributed by atoms with van der Waals surface area (Å²) in [6, 6.07) is 8.14. The molecule has 0 saturated carbocycles. The molecule has 0 unspecified atom stereocenters. The average molecular weight is 415 g/mol. The van der Waals surface area contributed by atoms with Gasteiger partial charge in [0, 0.05) is 0 Å². The molecular weight excluding hydrogens is 388 g/mol. The first-order valence-corrected chi connectivity index (χ1v) is 10.8. The Hall–Kier alpha value is -2.45. The molecule has 0 aliphatic carbocycles. The smallest absolute Gasteiger partial charge is 0.309 e. The number of likely N-dealkylation sites (tertiary alicyclic amines) is 1. The molecule has 1 fully saturated rings. The second-order valence-corrected chi connectivity index (χ2v) is 8.47. The predicted molar refractivity (Wildman–Crippen MR) is 111 cm³/mol. The molecule has 2 aromatic heterocycles. The Kier molecular flexibility index (Phi) is 5.56. The molecule has 0 amide bonds. The molecule has 1 aliphatic rings. The van der Waals surface area contributed by atoms with Crippen molar-refractivity contribution in [3.05, 3.63) is 46.1 Å². The number of benzene rings is 1. The SMILES string of the molecule is CCOC(=O)C1CCN([C@H](c2ccccc2C)c2sc3nc(C)nn3c2O)CC1. The normalized spacial score (nSPS) is 16.9. The fraction of sp³-hybridized carbons (Fsp3) is 0.476. The second-order valence-electron chi connectivity index (χ2n) is 7.46. The fourth-order valence-electron chi connectivity index (χ4n) is 4.08. The van der Waals surface area contributed by atoms with Gasteiger partial charge in [-0.2, -0.15) is 4.52 Å². The summed E-state index contributed by atoms with van der Waals surface area (Å²) in [5.74, 6) is 0.631. The highest BCUT2D eigenvalue weighted by molar-refractivity contribution is 7.17. The van der Waals surface area contributed by atoms with E-state index in [9.17, 15) is 9.90 Å². The van der Waals surface area contributed by atoms with Gasteiger partial charge >= 0.3 is 5.97 Å². The van der Waals surface area contributed by atoms with Gasteiger partial charge in [0.15, 0.2) is 0 Å². The quantitative estimate of drug-likeness (QED) is 0.644. The molecule has 3 heterocycles. The molecule has 1 saturated heterocycles. The third-order valence-corrected chi connectivity index (χ3v) is 6.62. The Labute approximate surface area is 173 Å². The molecule has 1 N–H and O–H groups in total. The van der Waals surface area contributed by atoms with Crippen molar-refractivity contribution in [3.8, 4) is 5.88 Å². The summed E-state index contributed by atoms with van der Waals surface area (Å²) >= 11 is 1.47. The van der Waals surface area contributed by atoms with Gasteiger partial charge in [0.1, 0.15) is 5.82 Å². The molecule has 1 aliphatic heterocycles. The van der Waals surface area contributed by atoms with Crippen LogP contribution in [0.1, 0.15) is 47.6 Å². The minimum absolute atomic E-state index is 0.0534. The van der Waals surface area contributed by atoms with Gasteiger partial charge in [-0.25, -0.2) is 4.98 Å². The van der Waals surface area contributed by atoms with E-state index in [4.69, 9.17) is 4.74 Å². The minimum Gasteiger partial charge on any atom is -0.492 e. The van der Waals surface area contributed by atoms with Crippen LogP contribution >= 0.6 is 11.3 Å². The molecule has 154 valence electrons. The van der Waals surface area contributed by atoms with Crippen molar-refractivity contribution in [1.29, 1.82) is 0 Å². The maximum absolute atomic E-state index is 12.1. The molecule has 0 radical (unpaired) electrons. The molecule has 1 atom stereocenters. The topological polar surface area (TPSA) is 80.0 Å². The van der Waals surface area contributed by atoms with E-state index in [0.717, 1.165) is 36.4 Å². The molecule has 4 rings (SSSR count). The van der Waals surface area contributed by atoms with Gasteiger partial charge in [0.2, 0.25) is 10.8 Å². The summed E-state index contributed by atoms with van der Waals surface area (Å²) < 4.78 is 6.73. The lowest BCUT2D eigenvalue weighted by atomic mass is 9.92. The number of esters is 1. The van der Waals surface area contributed by atoms with Gasteiger partial charge < -0.3 is 9.84 Å². The third kappa shape index (κ3) is 3.74. The van der Waals surface area contributed by atoms with Crippen molar-refractivity contribution in [2.24, 2.45) is 5.92 Å². The van der Waals surface area contributed by atoms with Gasteiger partial charge in [0.25, 0.3) is 0 Å². The average Bonchev–Trinajstić information content (AvgIpc) is 3.22. The third-order valence-electron chi connectivity index (χ3n) is 5.55. The van der Waals surface area contributed by atoms with Gasteiger partial charge in [0.05, 0.1) is 23.4 Å². The van der Waals surface area contributed by atoms with Gasteiger partial charge in [-0.05, 0) is 57.8 Å². The Morgan fingerprint density at radius 3 is 2.69 bits per heavy atom. The van der Waals surface area contributed by atoms with Crippen LogP contribution in [0.5, 0.6) is 5.88 Å². The van der Waals surface area contributed by atoms with E-state index < -0.39 is 0 Å². The summed E-state index contributed by atoms with van der Waals surface area (Å²) in [7, 11) is 0. The van der Waals surface area contributed by atoms with E-state index in [1.54, 1.807) is 0 Å². The largest absolute Gasteiger partial charge is 0.492 e. The van der Waals surface area contributed by atoms with Crippen LogP contribution in [-0.2, 0) is 9.53 Å². The van der Waals surface area contributed by atoms with Crippen molar-refractivity contribution in [1.82, 2.24) is 19.5 Å². The standard InChI is InChI=1S/C21H26N4O3S/c1-4-28-20(27)15-9-11-24(12-10-15)17(16-8-6-5-7-13(16)2)18-19(26)25-21(29-18)22-14(3)23-25/h5-8,15,17,26H,4,9-12H2,1-3H3/t17-/m1/s1. The van der Waals surface area contributed by atoms with E-state index in [0.29, 0.717) is 17.4 Å². The lowest BCUT2D eigenvalue weighted by Crippen LogP contribution is -2.39. The first-order valence-electron chi connectivity index (χ1n) is 10.0. The lowest BCUT2D eigenvalue weighted by Gasteiger charge is -2.37. The van der Waals surface area contributed by atoms with Crippen LogP contribution in [0, 0.1) is 19.8 Å². The number of hydrogen-bond donors (Lipinski definition) is 1. The van der Waals surface area contributed by atoms with Crippen molar-refractivity contribution >= 4 is 22.3 Å². The fourth-order valence-corrected chi connectivity index (χ4v) is 5.23. The zero-order chi connectivity index (χ0) is 20.5. The first-order chi connectivity index (χ1) is 14.0. The number of thiazole rings is 1. The van der Waals surface area contributed by atoms with Gasteiger partial charge in [-0.15, -0.1) is 5.10 Å². The van der Waals surface area contributed by atoms with Crippen LogP contribution in [0.2, 0.25) is 0 Å². The van der Waals surface area contributed by atoms with E-state index in [1.165, 1.54) is 21.4 Å². The van der Waals surface area contributed by atoms with Crippen molar-refractivity contribution in [3.63, 3.8) is 0 Å². The van der Waals surface area contributed by atoms with Crippen molar-refractivity contribution < 1.29 is 14.6 Å². The Balaban J connectivity index is 1.69. The highest BCUT2D eigenvalue weighted by atomic mass is 32.1. The summed E-state index contributed by atoms with van der Waals surface area (Å²) in [5.41, 5.74) is 2.32. The highest BCUT2D eigenvalue weighted by Gasteiger charge is 2.34. The van der Waals surface area contributed by atoms with Gasteiger partial charge in [-0.1, -0.05) is 35.6 Å². The number of carbonyl (C=O) groups excluding carboxylic acids is 1. The number of aromatic nitrogens is 3. The maximum Gasteiger partial charge on any atom is 0.309 e. The number of piperidine rings is 1. The molecule has 0 spiro atoms. The summed E-state index contributed by atoms with van der Waals surface area (Å²) in [4.78, 5) is 20.4. The molecular formula is C21H26N4O3S. The Morgan fingerprint density at radius 2 is 2.03 bits per heavy atom. The van der Waals surface area contributed by atoms with E-state index >= 15 is 0 Å². The second kappa shape index (κ2) is 8.12. The van der Waals surface area contributed by atoms with Crippen LogP contribution in [0.4, 0.5) is 0 Å².